The maximum atomic E-state index is 12.7. The Bertz CT molecular complexity index is 1140. The molecule has 2 amide bonds. The number of ether oxygens (including phenoxy) is 2. The van der Waals surface area contributed by atoms with E-state index in [1.165, 1.54) is 16.5 Å². The number of carbonyl (C=O) groups is 2. The predicted octanol–water partition coefficient (Wildman–Crippen LogP) is 3.23. The first-order valence-corrected chi connectivity index (χ1v) is 10.1. The molecule has 1 saturated heterocycles. The smallest absolute Gasteiger partial charge is 0.231 e. The maximum Gasteiger partial charge on any atom is 0.231 e. The minimum Gasteiger partial charge on any atom is -0.454 e. The van der Waals surface area contributed by atoms with E-state index in [0.29, 0.717) is 30.3 Å². The van der Waals surface area contributed by atoms with Gasteiger partial charge in [0.15, 0.2) is 11.5 Å². The summed E-state index contributed by atoms with van der Waals surface area (Å²) in [4.78, 5) is 30.2. The van der Waals surface area contributed by atoms with Crippen molar-refractivity contribution >= 4 is 28.4 Å². The minimum absolute atomic E-state index is 0.0249. The summed E-state index contributed by atoms with van der Waals surface area (Å²) >= 11 is 0. The van der Waals surface area contributed by atoms with Crippen LogP contribution in [0.5, 0.6) is 11.5 Å². The van der Waals surface area contributed by atoms with Crippen molar-refractivity contribution in [3.63, 3.8) is 0 Å². The average molecular weight is 405 g/mol. The Morgan fingerprint density at radius 2 is 2.07 bits per heavy atom. The summed E-state index contributed by atoms with van der Waals surface area (Å²) in [6, 6.07) is 11.6. The third-order valence-corrected chi connectivity index (χ3v) is 5.80. The number of aromatic amines is 1. The van der Waals surface area contributed by atoms with Crippen LogP contribution in [0.3, 0.4) is 0 Å². The summed E-state index contributed by atoms with van der Waals surface area (Å²) in [7, 11) is 0. The molecule has 7 nitrogen and oxygen atoms in total. The van der Waals surface area contributed by atoms with Gasteiger partial charge < -0.3 is 24.7 Å². The quantitative estimate of drug-likeness (QED) is 0.683. The van der Waals surface area contributed by atoms with Gasteiger partial charge in [0.1, 0.15) is 0 Å². The maximum absolute atomic E-state index is 12.7. The fraction of sp³-hybridized carbons (Fsp3) is 0.304. The van der Waals surface area contributed by atoms with Crippen LogP contribution >= 0.6 is 0 Å². The number of nitrogens with zero attached hydrogens (tertiary/aromatic N) is 1. The van der Waals surface area contributed by atoms with Crippen LogP contribution in [-0.2, 0) is 16.0 Å². The van der Waals surface area contributed by atoms with E-state index in [0.717, 1.165) is 11.9 Å². The Kier molecular flexibility index (Phi) is 4.58. The Morgan fingerprint density at radius 3 is 2.97 bits per heavy atom. The Hall–Kier alpha value is -3.48. The predicted molar refractivity (Wildman–Crippen MR) is 113 cm³/mol. The molecule has 7 heteroatoms. The van der Waals surface area contributed by atoms with Crippen molar-refractivity contribution < 1.29 is 19.1 Å². The molecule has 0 bridgehead atoms. The zero-order chi connectivity index (χ0) is 20.7. The van der Waals surface area contributed by atoms with Gasteiger partial charge in [0, 0.05) is 48.4 Å². The summed E-state index contributed by atoms with van der Waals surface area (Å²) in [5.74, 6) is 0.811. The second kappa shape index (κ2) is 7.40. The van der Waals surface area contributed by atoms with Gasteiger partial charge in [-0.3, -0.25) is 9.59 Å². The Morgan fingerprint density at radius 1 is 1.20 bits per heavy atom. The number of aromatic nitrogens is 1. The van der Waals surface area contributed by atoms with Crippen LogP contribution < -0.4 is 14.8 Å². The van der Waals surface area contributed by atoms with E-state index >= 15 is 0 Å². The standard InChI is InChI=1S/C23H23N3O4/c1-14-2-4-19-18(8-14)15(11-24-19)6-7-26-12-16(9-22(26)27)23(28)25-17-3-5-20-21(10-17)30-13-29-20/h2-5,8,10-11,16,24H,6-7,9,12-13H2,1H3,(H,25,28)/t16-/m1/s1. The third kappa shape index (κ3) is 3.47. The molecule has 1 atom stereocenters. The number of anilines is 1. The molecule has 2 N–H and O–H groups in total. The molecule has 0 saturated carbocycles. The number of nitrogens with one attached hydrogen (secondary N) is 2. The van der Waals surface area contributed by atoms with E-state index < -0.39 is 0 Å². The Balaban J connectivity index is 1.21. The van der Waals surface area contributed by atoms with Gasteiger partial charge in [0.05, 0.1) is 5.92 Å². The zero-order valence-electron chi connectivity index (χ0n) is 16.7. The second-order valence-electron chi connectivity index (χ2n) is 7.91. The summed E-state index contributed by atoms with van der Waals surface area (Å²) < 4.78 is 10.6. The first-order valence-electron chi connectivity index (χ1n) is 10.1. The van der Waals surface area contributed by atoms with Gasteiger partial charge in [-0.15, -0.1) is 0 Å². The lowest BCUT2D eigenvalue weighted by atomic mass is 10.1. The largest absolute Gasteiger partial charge is 0.454 e. The van der Waals surface area contributed by atoms with E-state index in [9.17, 15) is 9.59 Å². The normalized spacial score (nSPS) is 17.7. The van der Waals surface area contributed by atoms with Crippen molar-refractivity contribution in [2.45, 2.75) is 19.8 Å². The monoisotopic (exact) mass is 405 g/mol. The number of rotatable bonds is 5. The molecular weight excluding hydrogens is 382 g/mol. The van der Waals surface area contributed by atoms with Crippen molar-refractivity contribution in [1.29, 1.82) is 0 Å². The van der Waals surface area contributed by atoms with Crippen molar-refractivity contribution in [3.8, 4) is 11.5 Å². The van der Waals surface area contributed by atoms with Gasteiger partial charge in [0.25, 0.3) is 0 Å². The summed E-state index contributed by atoms with van der Waals surface area (Å²) in [6.45, 7) is 3.31. The first-order chi connectivity index (χ1) is 14.6. The number of aryl methyl sites for hydroxylation is 1. The lowest BCUT2D eigenvalue weighted by Gasteiger charge is -2.16. The van der Waals surface area contributed by atoms with E-state index in [4.69, 9.17) is 9.47 Å². The van der Waals surface area contributed by atoms with Crippen molar-refractivity contribution in [2.75, 3.05) is 25.2 Å². The molecule has 1 aromatic heterocycles. The van der Waals surface area contributed by atoms with E-state index in [1.807, 2.05) is 6.20 Å². The topological polar surface area (TPSA) is 83.7 Å². The van der Waals surface area contributed by atoms with Crippen molar-refractivity contribution in [2.24, 2.45) is 5.92 Å². The van der Waals surface area contributed by atoms with Gasteiger partial charge in [-0.1, -0.05) is 11.6 Å². The van der Waals surface area contributed by atoms with Crippen molar-refractivity contribution in [1.82, 2.24) is 9.88 Å². The highest BCUT2D eigenvalue weighted by Gasteiger charge is 2.34. The first kappa shape index (κ1) is 18.5. The molecule has 2 aliphatic rings. The molecule has 5 rings (SSSR count). The molecule has 3 heterocycles. The van der Waals surface area contributed by atoms with Gasteiger partial charge in [-0.05, 0) is 43.2 Å². The lowest BCUT2D eigenvalue weighted by Crippen LogP contribution is -2.30. The molecule has 154 valence electrons. The number of fused-ring (bicyclic) bond motifs is 2. The molecule has 30 heavy (non-hydrogen) atoms. The molecule has 2 aromatic carbocycles. The van der Waals surface area contributed by atoms with Crippen LogP contribution in [-0.4, -0.2) is 41.6 Å². The third-order valence-electron chi connectivity index (χ3n) is 5.80. The van der Waals surface area contributed by atoms with Gasteiger partial charge in [-0.2, -0.15) is 0 Å². The summed E-state index contributed by atoms with van der Waals surface area (Å²) in [6.07, 6.45) is 3.00. The number of hydrogen-bond donors (Lipinski definition) is 2. The van der Waals surface area contributed by atoms with Gasteiger partial charge in [-0.25, -0.2) is 0 Å². The van der Waals surface area contributed by atoms with Crippen molar-refractivity contribution in [3.05, 3.63) is 53.7 Å². The van der Waals surface area contributed by atoms with Gasteiger partial charge in [0.2, 0.25) is 18.6 Å². The average Bonchev–Trinajstić information content (AvgIpc) is 3.44. The number of H-pyrrole nitrogens is 1. The fourth-order valence-electron chi connectivity index (χ4n) is 4.14. The van der Waals surface area contributed by atoms with Crippen LogP contribution in [0.25, 0.3) is 10.9 Å². The van der Waals surface area contributed by atoms with E-state index in [-0.39, 0.29) is 30.9 Å². The molecule has 0 aliphatic carbocycles. The molecule has 3 aromatic rings. The minimum atomic E-state index is -0.354. The van der Waals surface area contributed by atoms with Crippen LogP contribution in [0.4, 0.5) is 5.69 Å². The molecular formula is C23H23N3O4. The summed E-state index contributed by atoms with van der Waals surface area (Å²) in [5.41, 5.74) is 4.14. The van der Waals surface area contributed by atoms with Gasteiger partial charge >= 0.3 is 0 Å². The molecule has 0 radical (unpaired) electrons. The Labute approximate surface area is 174 Å². The van der Waals surface area contributed by atoms with E-state index in [1.54, 1.807) is 23.1 Å². The number of hydrogen-bond acceptors (Lipinski definition) is 4. The highest BCUT2D eigenvalue weighted by atomic mass is 16.7. The second-order valence-corrected chi connectivity index (χ2v) is 7.91. The van der Waals surface area contributed by atoms with Crippen LogP contribution in [0.1, 0.15) is 17.5 Å². The van der Waals surface area contributed by atoms with Crippen LogP contribution in [0, 0.1) is 12.8 Å². The van der Waals surface area contributed by atoms with Crippen LogP contribution in [0.2, 0.25) is 0 Å². The molecule has 0 spiro atoms. The van der Waals surface area contributed by atoms with E-state index in [2.05, 4.69) is 35.4 Å². The number of benzene rings is 2. The van der Waals surface area contributed by atoms with Crippen LogP contribution in [0.15, 0.2) is 42.6 Å². The highest BCUT2D eigenvalue weighted by Crippen LogP contribution is 2.34. The number of amides is 2. The number of likely N-dealkylation sites (tertiary alicyclic amines) is 1. The molecule has 2 aliphatic heterocycles. The summed E-state index contributed by atoms with van der Waals surface area (Å²) in [5, 5.41) is 4.09. The lowest BCUT2D eigenvalue weighted by molar-refractivity contribution is -0.128. The zero-order valence-corrected chi connectivity index (χ0v) is 16.7. The molecule has 0 unspecified atom stereocenters. The molecule has 1 fully saturated rings. The SMILES string of the molecule is Cc1ccc2[nH]cc(CCN3C[C@H](C(=O)Nc4ccc5c(c4)OCO5)CC3=O)c2c1. The fourth-order valence-corrected chi connectivity index (χ4v) is 4.14. The highest BCUT2D eigenvalue weighted by molar-refractivity contribution is 5.97. The number of carbonyl (C=O) groups excluding carboxylic acids is 2.